The molecule has 1 aromatic rings. The summed E-state index contributed by atoms with van der Waals surface area (Å²) in [6, 6.07) is 6.62. The molecule has 1 aliphatic heterocycles. The Morgan fingerprint density at radius 1 is 1.26 bits per heavy atom. The SMILES string of the molecule is FC(F)(F)Oc1ccc(CN2CCCC2CBr)cc1. The van der Waals surface area contributed by atoms with Gasteiger partial charge in [-0.3, -0.25) is 4.90 Å². The first kappa shape index (κ1) is 14.7. The summed E-state index contributed by atoms with van der Waals surface area (Å²) < 4.78 is 39.9. The summed E-state index contributed by atoms with van der Waals surface area (Å²) in [6.45, 7) is 1.81. The number of likely N-dealkylation sites (tertiary alicyclic amines) is 1. The summed E-state index contributed by atoms with van der Waals surface area (Å²) in [5.41, 5.74) is 1.00. The van der Waals surface area contributed by atoms with E-state index in [4.69, 9.17) is 0 Å². The Labute approximate surface area is 118 Å². The number of hydrogen-bond donors (Lipinski definition) is 0. The van der Waals surface area contributed by atoms with Gasteiger partial charge in [-0.1, -0.05) is 28.1 Å². The van der Waals surface area contributed by atoms with E-state index >= 15 is 0 Å². The average Bonchev–Trinajstić information content (AvgIpc) is 2.77. The van der Waals surface area contributed by atoms with Gasteiger partial charge in [0.05, 0.1) is 0 Å². The Morgan fingerprint density at radius 2 is 1.95 bits per heavy atom. The third-order valence-electron chi connectivity index (χ3n) is 3.22. The Kier molecular flexibility index (Phi) is 4.73. The number of hydrogen-bond acceptors (Lipinski definition) is 2. The summed E-state index contributed by atoms with van der Waals surface area (Å²) >= 11 is 3.49. The second-order valence-corrected chi connectivity index (χ2v) is 5.26. The van der Waals surface area contributed by atoms with Crippen molar-refractivity contribution in [2.24, 2.45) is 0 Å². The van der Waals surface area contributed by atoms with Gasteiger partial charge in [-0.15, -0.1) is 13.2 Å². The van der Waals surface area contributed by atoms with Crippen LogP contribution in [0.2, 0.25) is 0 Å². The van der Waals surface area contributed by atoms with Crippen molar-refractivity contribution in [3.05, 3.63) is 29.8 Å². The minimum Gasteiger partial charge on any atom is -0.406 e. The van der Waals surface area contributed by atoms with E-state index < -0.39 is 6.36 Å². The van der Waals surface area contributed by atoms with Gasteiger partial charge in [-0.2, -0.15) is 0 Å². The van der Waals surface area contributed by atoms with E-state index in [9.17, 15) is 13.2 Å². The maximum absolute atomic E-state index is 12.0. The standard InChI is InChI=1S/C13H15BrF3NO/c14-8-11-2-1-7-18(11)9-10-3-5-12(6-4-10)19-13(15,16)17/h3-6,11H,1-2,7-9H2. The van der Waals surface area contributed by atoms with Crippen molar-refractivity contribution in [1.29, 1.82) is 0 Å². The smallest absolute Gasteiger partial charge is 0.406 e. The van der Waals surface area contributed by atoms with Crippen LogP contribution in [-0.4, -0.2) is 29.2 Å². The molecular formula is C13H15BrF3NO. The highest BCUT2D eigenvalue weighted by Crippen LogP contribution is 2.25. The maximum Gasteiger partial charge on any atom is 0.573 e. The van der Waals surface area contributed by atoms with Gasteiger partial charge >= 0.3 is 6.36 Å². The third-order valence-corrected chi connectivity index (χ3v) is 3.97. The molecule has 19 heavy (non-hydrogen) atoms. The number of alkyl halides is 4. The molecule has 1 aliphatic rings. The lowest BCUT2D eigenvalue weighted by Gasteiger charge is -2.22. The molecule has 1 saturated heterocycles. The van der Waals surface area contributed by atoms with Crippen molar-refractivity contribution in [3.8, 4) is 5.75 Å². The van der Waals surface area contributed by atoms with Crippen LogP contribution in [-0.2, 0) is 6.54 Å². The molecule has 106 valence electrons. The van der Waals surface area contributed by atoms with Crippen LogP contribution in [0, 0.1) is 0 Å². The van der Waals surface area contributed by atoms with Crippen molar-refractivity contribution >= 4 is 15.9 Å². The Hall–Kier alpha value is -0.750. The lowest BCUT2D eigenvalue weighted by Crippen LogP contribution is -2.29. The lowest BCUT2D eigenvalue weighted by atomic mass is 10.2. The van der Waals surface area contributed by atoms with Crippen LogP contribution in [0.25, 0.3) is 0 Å². The summed E-state index contributed by atoms with van der Waals surface area (Å²) in [4.78, 5) is 2.34. The lowest BCUT2D eigenvalue weighted by molar-refractivity contribution is -0.274. The summed E-state index contributed by atoms with van der Waals surface area (Å²) in [5.74, 6) is -0.172. The number of rotatable bonds is 4. The first-order valence-corrected chi connectivity index (χ1v) is 7.25. The first-order chi connectivity index (χ1) is 8.98. The number of ether oxygens (including phenoxy) is 1. The van der Waals surface area contributed by atoms with Gasteiger partial charge in [-0.25, -0.2) is 0 Å². The monoisotopic (exact) mass is 337 g/mol. The summed E-state index contributed by atoms with van der Waals surface area (Å²) in [6.07, 6.45) is -2.29. The van der Waals surface area contributed by atoms with Crippen LogP contribution in [0.3, 0.4) is 0 Å². The normalized spacial score (nSPS) is 20.7. The van der Waals surface area contributed by atoms with Gasteiger partial charge in [0.25, 0.3) is 0 Å². The number of benzene rings is 1. The molecule has 1 heterocycles. The Balaban J connectivity index is 1.95. The molecule has 6 heteroatoms. The molecule has 0 spiro atoms. The topological polar surface area (TPSA) is 12.5 Å². The zero-order valence-electron chi connectivity index (χ0n) is 10.3. The Morgan fingerprint density at radius 3 is 2.53 bits per heavy atom. The molecule has 0 bridgehead atoms. The quantitative estimate of drug-likeness (QED) is 0.771. The molecule has 0 radical (unpaired) electrons. The van der Waals surface area contributed by atoms with E-state index in [2.05, 4.69) is 25.6 Å². The molecule has 1 fully saturated rings. The molecule has 1 unspecified atom stereocenters. The maximum atomic E-state index is 12.0. The van der Waals surface area contributed by atoms with Crippen LogP contribution in [0.15, 0.2) is 24.3 Å². The molecule has 0 saturated carbocycles. The van der Waals surface area contributed by atoms with Gasteiger partial charge < -0.3 is 4.74 Å². The zero-order valence-corrected chi connectivity index (χ0v) is 11.9. The summed E-state index contributed by atoms with van der Waals surface area (Å²) in [5, 5.41) is 0.933. The average molecular weight is 338 g/mol. The van der Waals surface area contributed by atoms with Crippen molar-refractivity contribution < 1.29 is 17.9 Å². The first-order valence-electron chi connectivity index (χ1n) is 6.12. The number of halogens is 4. The van der Waals surface area contributed by atoms with Crippen LogP contribution >= 0.6 is 15.9 Å². The van der Waals surface area contributed by atoms with E-state index in [-0.39, 0.29) is 5.75 Å². The van der Waals surface area contributed by atoms with Crippen molar-refractivity contribution in [2.75, 3.05) is 11.9 Å². The zero-order chi connectivity index (χ0) is 13.9. The van der Waals surface area contributed by atoms with E-state index in [1.807, 2.05) is 0 Å². The summed E-state index contributed by atoms with van der Waals surface area (Å²) in [7, 11) is 0. The second-order valence-electron chi connectivity index (χ2n) is 4.61. The van der Waals surface area contributed by atoms with Gasteiger partial charge in [0, 0.05) is 17.9 Å². The molecule has 0 amide bonds. The minimum atomic E-state index is -4.63. The molecule has 0 aliphatic carbocycles. The van der Waals surface area contributed by atoms with Gasteiger partial charge in [0.2, 0.25) is 0 Å². The van der Waals surface area contributed by atoms with Gasteiger partial charge in [0.15, 0.2) is 0 Å². The van der Waals surface area contributed by atoms with Crippen molar-refractivity contribution in [3.63, 3.8) is 0 Å². The van der Waals surface area contributed by atoms with E-state index in [0.29, 0.717) is 6.04 Å². The van der Waals surface area contributed by atoms with Crippen molar-refractivity contribution in [1.82, 2.24) is 4.90 Å². The van der Waals surface area contributed by atoms with E-state index in [1.54, 1.807) is 12.1 Å². The molecule has 1 aromatic carbocycles. The van der Waals surface area contributed by atoms with Crippen LogP contribution < -0.4 is 4.74 Å². The van der Waals surface area contributed by atoms with Crippen molar-refractivity contribution in [2.45, 2.75) is 31.8 Å². The largest absolute Gasteiger partial charge is 0.573 e. The predicted octanol–water partition coefficient (Wildman–Crippen LogP) is 3.94. The van der Waals surface area contributed by atoms with E-state index in [1.165, 1.54) is 25.0 Å². The van der Waals surface area contributed by atoms with Gasteiger partial charge in [0.1, 0.15) is 5.75 Å². The van der Waals surface area contributed by atoms with Crippen LogP contribution in [0.1, 0.15) is 18.4 Å². The number of nitrogens with zero attached hydrogens (tertiary/aromatic N) is 1. The minimum absolute atomic E-state index is 0.172. The van der Waals surface area contributed by atoms with E-state index in [0.717, 1.165) is 24.0 Å². The fourth-order valence-electron chi connectivity index (χ4n) is 2.31. The third kappa shape index (κ3) is 4.38. The molecule has 0 N–H and O–H groups in total. The molecule has 2 rings (SSSR count). The predicted molar refractivity (Wildman–Crippen MR) is 70.4 cm³/mol. The van der Waals surface area contributed by atoms with Crippen LogP contribution in [0.4, 0.5) is 13.2 Å². The second kappa shape index (κ2) is 6.13. The Bertz CT molecular complexity index is 407. The molecule has 2 nitrogen and oxygen atoms in total. The van der Waals surface area contributed by atoms with Crippen LogP contribution in [0.5, 0.6) is 5.75 Å². The molecule has 0 aromatic heterocycles. The molecular weight excluding hydrogens is 323 g/mol. The van der Waals surface area contributed by atoms with Gasteiger partial charge in [-0.05, 0) is 37.1 Å². The highest BCUT2D eigenvalue weighted by molar-refractivity contribution is 9.09. The fourth-order valence-corrected chi connectivity index (χ4v) is 3.04. The molecule has 1 atom stereocenters. The highest BCUT2D eigenvalue weighted by atomic mass is 79.9. The fraction of sp³-hybridized carbons (Fsp3) is 0.538. The highest BCUT2D eigenvalue weighted by Gasteiger charge is 2.31.